The van der Waals surface area contributed by atoms with Crippen molar-refractivity contribution in [1.29, 1.82) is 0 Å². The maximum atomic E-state index is 11.3. The van der Waals surface area contributed by atoms with E-state index in [0.717, 1.165) is 30.5 Å². The molecule has 0 saturated heterocycles. The molecule has 0 aromatic carbocycles. The molecule has 0 radical (unpaired) electrons. The average molecular weight is 277 g/mol. The molecule has 3 atom stereocenters. The lowest BCUT2D eigenvalue weighted by Crippen LogP contribution is -2.20. The van der Waals surface area contributed by atoms with Crippen molar-refractivity contribution in [3.05, 3.63) is 11.4 Å². The second kappa shape index (κ2) is 5.19. The highest BCUT2D eigenvalue weighted by molar-refractivity contribution is 5.86. The first-order valence-corrected chi connectivity index (χ1v) is 7.70. The number of fused-ring (bicyclic) bond motifs is 2. The van der Waals surface area contributed by atoms with Crippen LogP contribution < -0.4 is 0 Å². The number of nitrogens with zero attached hydrogens (tertiary/aromatic N) is 3. The van der Waals surface area contributed by atoms with Crippen molar-refractivity contribution in [1.82, 2.24) is 15.0 Å². The summed E-state index contributed by atoms with van der Waals surface area (Å²) in [6, 6.07) is 0. The van der Waals surface area contributed by atoms with Crippen LogP contribution in [0, 0.1) is 23.7 Å². The van der Waals surface area contributed by atoms with Gasteiger partial charge >= 0.3 is 5.97 Å². The van der Waals surface area contributed by atoms with Gasteiger partial charge in [-0.3, -0.25) is 0 Å². The Hall–Kier alpha value is -1.39. The predicted molar refractivity (Wildman–Crippen MR) is 74.5 cm³/mol. The Labute approximate surface area is 119 Å². The first kappa shape index (κ1) is 13.6. The summed E-state index contributed by atoms with van der Waals surface area (Å²) in [5.74, 6) is 1.85. The minimum atomic E-state index is -0.958. The summed E-state index contributed by atoms with van der Waals surface area (Å²) in [5.41, 5.74) is 0.942. The van der Waals surface area contributed by atoms with E-state index in [4.69, 9.17) is 0 Å². The summed E-state index contributed by atoms with van der Waals surface area (Å²) in [6.45, 7) is 5.05. The standard InChI is InChI=1S/C15H23N3O2/c1-9(2)5-13-14(15(19)20)16-17-18(13)8-12-7-10-3-4-11(12)6-10/h9-12H,3-8H2,1-2H3,(H,19,20). The molecule has 0 aliphatic heterocycles. The van der Waals surface area contributed by atoms with Gasteiger partial charge in [-0.05, 0) is 49.4 Å². The molecule has 1 heterocycles. The largest absolute Gasteiger partial charge is 0.476 e. The predicted octanol–water partition coefficient (Wildman–Crippen LogP) is 2.61. The smallest absolute Gasteiger partial charge is 0.358 e. The van der Waals surface area contributed by atoms with Crippen LogP contribution in [0.3, 0.4) is 0 Å². The Morgan fingerprint density at radius 1 is 1.40 bits per heavy atom. The van der Waals surface area contributed by atoms with Crippen LogP contribution in [0.5, 0.6) is 0 Å². The number of carboxylic acids is 1. The molecule has 20 heavy (non-hydrogen) atoms. The van der Waals surface area contributed by atoms with Crippen molar-refractivity contribution < 1.29 is 9.90 Å². The van der Waals surface area contributed by atoms with Crippen molar-refractivity contribution in [2.24, 2.45) is 23.7 Å². The molecule has 110 valence electrons. The Balaban J connectivity index is 1.80. The van der Waals surface area contributed by atoms with Gasteiger partial charge in [-0.15, -0.1) is 5.10 Å². The highest BCUT2D eigenvalue weighted by atomic mass is 16.4. The quantitative estimate of drug-likeness (QED) is 0.898. The number of carboxylic acid groups (broad SMARTS) is 1. The van der Waals surface area contributed by atoms with Crippen LogP contribution >= 0.6 is 0 Å². The normalized spacial score (nSPS) is 28.4. The first-order chi connectivity index (χ1) is 9.54. The molecule has 0 amide bonds. The van der Waals surface area contributed by atoms with E-state index >= 15 is 0 Å². The fourth-order valence-electron chi connectivity index (χ4n) is 4.06. The molecule has 2 aliphatic rings. The molecule has 5 nitrogen and oxygen atoms in total. The Morgan fingerprint density at radius 3 is 2.75 bits per heavy atom. The minimum Gasteiger partial charge on any atom is -0.476 e. The van der Waals surface area contributed by atoms with E-state index in [1.54, 1.807) is 0 Å². The van der Waals surface area contributed by atoms with E-state index in [1.807, 2.05) is 4.68 Å². The van der Waals surface area contributed by atoms with Gasteiger partial charge in [0.25, 0.3) is 0 Å². The van der Waals surface area contributed by atoms with Crippen LogP contribution in [0.25, 0.3) is 0 Å². The van der Waals surface area contributed by atoms with Gasteiger partial charge in [-0.1, -0.05) is 25.5 Å². The first-order valence-electron chi connectivity index (χ1n) is 7.70. The summed E-state index contributed by atoms with van der Waals surface area (Å²) in [7, 11) is 0. The van der Waals surface area contributed by atoms with Crippen LogP contribution in [0.2, 0.25) is 0 Å². The van der Waals surface area contributed by atoms with Gasteiger partial charge in [0.15, 0.2) is 5.69 Å². The number of hydrogen-bond acceptors (Lipinski definition) is 3. The van der Waals surface area contributed by atoms with Gasteiger partial charge in [0.2, 0.25) is 0 Å². The van der Waals surface area contributed by atoms with Crippen LogP contribution in [-0.2, 0) is 13.0 Å². The van der Waals surface area contributed by atoms with E-state index < -0.39 is 5.97 Å². The van der Waals surface area contributed by atoms with Gasteiger partial charge in [0, 0.05) is 6.54 Å². The fourth-order valence-corrected chi connectivity index (χ4v) is 4.06. The molecule has 0 spiro atoms. The van der Waals surface area contributed by atoms with Crippen molar-refractivity contribution in [3.8, 4) is 0 Å². The SMILES string of the molecule is CC(C)Cc1c(C(=O)O)nnn1CC1CC2CCC1C2. The third-order valence-electron chi connectivity index (χ3n) is 4.93. The number of hydrogen-bond donors (Lipinski definition) is 1. The molecular weight excluding hydrogens is 254 g/mol. The molecule has 1 N–H and O–H groups in total. The summed E-state index contributed by atoms with van der Waals surface area (Å²) >= 11 is 0. The highest BCUT2D eigenvalue weighted by Gasteiger charge is 2.40. The van der Waals surface area contributed by atoms with Crippen molar-refractivity contribution in [2.75, 3.05) is 0 Å². The zero-order chi connectivity index (χ0) is 14.3. The molecule has 5 heteroatoms. The third-order valence-corrected chi connectivity index (χ3v) is 4.93. The third kappa shape index (κ3) is 2.45. The lowest BCUT2D eigenvalue weighted by atomic mass is 9.89. The van der Waals surface area contributed by atoms with E-state index in [0.29, 0.717) is 11.8 Å². The number of carbonyl (C=O) groups is 1. The van der Waals surface area contributed by atoms with Crippen LogP contribution in [0.4, 0.5) is 0 Å². The number of aromatic carboxylic acids is 1. The van der Waals surface area contributed by atoms with Gasteiger partial charge < -0.3 is 5.11 Å². The maximum absolute atomic E-state index is 11.3. The lowest BCUT2D eigenvalue weighted by molar-refractivity contribution is 0.0689. The fraction of sp³-hybridized carbons (Fsp3) is 0.800. The molecular formula is C15H23N3O2. The molecule has 2 aliphatic carbocycles. The van der Waals surface area contributed by atoms with Gasteiger partial charge in [0.05, 0.1) is 5.69 Å². The summed E-state index contributed by atoms with van der Waals surface area (Å²) in [6.07, 6.45) is 6.11. The zero-order valence-corrected chi connectivity index (χ0v) is 12.2. The van der Waals surface area contributed by atoms with Crippen molar-refractivity contribution in [2.45, 2.75) is 52.5 Å². The topological polar surface area (TPSA) is 68.0 Å². The molecule has 2 saturated carbocycles. The van der Waals surface area contributed by atoms with Crippen LogP contribution in [0.1, 0.15) is 55.7 Å². The molecule has 2 bridgehead atoms. The van der Waals surface area contributed by atoms with Gasteiger partial charge in [-0.2, -0.15) is 0 Å². The lowest BCUT2D eigenvalue weighted by Gasteiger charge is -2.22. The molecule has 1 aromatic rings. The maximum Gasteiger partial charge on any atom is 0.358 e. The van der Waals surface area contributed by atoms with Crippen LogP contribution in [0.15, 0.2) is 0 Å². The summed E-state index contributed by atoms with van der Waals surface area (Å²) in [5, 5.41) is 17.3. The Morgan fingerprint density at radius 2 is 2.20 bits per heavy atom. The molecule has 3 rings (SSSR count). The van der Waals surface area contributed by atoms with Crippen molar-refractivity contribution >= 4 is 5.97 Å². The zero-order valence-electron chi connectivity index (χ0n) is 12.2. The van der Waals surface area contributed by atoms with Gasteiger partial charge in [-0.25, -0.2) is 9.48 Å². The van der Waals surface area contributed by atoms with Crippen molar-refractivity contribution in [3.63, 3.8) is 0 Å². The van der Waals surface area contributed by atoms with Crippen LogP contribution in [-0.4, -0.2) is 26.1 Å². The van der Waals surface area contributed by atoms with E-state index in [-0.39, 0.29) is 5.69 Å². The van der Waals surface area contributed by atoms with E-state index in [9.17, 15) is 9.90 Å². The second-order valence-electron chi connectivity index (χ2n) is 6.90. The number of aromatic nitrogens is 3. The Bertz CT molecular complexity index is 509. The number of rotatable bonds is 5. The Kier molecular flexibility index (Phi) is 3.52. The summed E-state index contributed by atoms with van der Waals surface area (Å²) < 4.78 is 1.87. The molecule has 2 fully saturated rings. The highest BCUT2D eigenvalue weighted by Crippen LogP contribution is 2.48. The monoisotopic (exact) mass is 277 g/mol. The van der Waals surface area contributed by atoms with E-state index in [1.165, 1.54) is 25.7 Å². The average Bonchev–Trinajstić information content (AvgIpc) is 3.05. The van der Waals surface area contributed by atoms with Gasteiger partial charge in [0.1, 0.15) is 0 Å². The van der Waals surface area contributed by atoms with E-state index in [2.05, 4.69) is 24.2 Å². The summed E-state index contributed by atoms with van der Waals surface area (Å²) in [4.78, 5) is 11.3. The molecule has 1 aromatic heterocycles. The second-order valence-corrected chi connectivity index (χ2v) is 6.90. The molecule has 3 unspecified atom stereocenters. The minimum absolute atomic E-state index is 0.141.